The molecule has 1 saturated heterocycles. The fourth-order valence-corrected chi connectivity index (χ4v) is 4.92. The number of aromatic hydroxyl groups is 1. The SMILES string of the molecule is COc1cc(N2CC(c3ccc(S(C)(=O)=O)cc3)CC(n3cccc3)C2N)ccc1O. The number of phenols is 1. The van der Waals surface area contributed by atoms with Crippen molar-refractivity contribution in [2.75, 3.05) is 24.8 Å². The summed E-state index contributed by atoms with van der Waals surface area (Å²) in [7, 11) is -1.73. The van der Waals surface area contributed by atoms with E-state index >= 15 is 0 Å². The molecule has 7 nitrogen and oxygen atoms in total. The minimum Gasteiger partial charge on any atom is -0.504 e. The average molecular weight is 442 g/mol. The molecule has 0 spiro atoms. The van der Waals surface area contributed by atoms with Gasteiger partial charge in [0.2, 0.25) is 0 Å². The van der Waals surface area contributed by atoms with Gasteiger partial charge >= 0.3 is 0 Å². The molecule has 2 heterocycles. The molecule has 2 aromatic carbocycles. The highest BCUT2D eigenvalue weighted by Crippen LogP contribution is 2.40. The number of hydrogen-bond donors (Lipinski definition) is 2. The van der Waals surface area contributed by atoms with E-state index in [1.165, 1.54) is 13.4 Å². The van der Waals surface area contributed by atoms with Crippen molar-refractivity contribution in [3.63, 3.8) is 0 Å². The predicted molar refractivity (Wildman–Crippen MR) is 120 cm³/mol. The van der Waals surface area contributed by atoms with E-state index in [1.807, 2.05) is 42.7 Å². The van der Waals surface area contributed by atoms with Crippen LogP contribution in [0.3, 0.4) is 0 Å². The van der Waals surface area contributed by atoms with Crippen molar-refractivity contribution in [3.8, 4) is 11.5 Å². The van der Waals surface area contributed by atoms with E-state index < -0.39 is 9.84 Å². The summed E-state index contributed by atoms with van der Waals surface area (Å²) < 4.78 is 31.1. The van der Waals surface area contributed by atoms with Crippen LogP contribution in [0.4, 0.5) is 5.69 Å². The van der Waals surface area contributed by atoms with Crippen molar-refractivity contribution in [2.45, 2.75) is 29.4 Å². The topological polar surface area (TPSA) is 97.8 Å². The molecule has 0 aliphatic carbocycles. The van der Waals surface area contributed by atoms with E-state index in [-0.39, 0.29) is 23.9 Å². The third-order valence-corrected chi connectivity index (χ3v) is 7.11. The van der Waals surface area contributed by atoms with E-state index in [0.29, 0.717) is 17.2 Å². The second kappa shape index (κ2) is 8.28. The van der Waals surface area contributed by atoms with Crippen LogP contribution in [0, 0.1) is 0 Å². The highest BCUT2D eigenvalue weighted by Gasteiger charge is 2.36. The van der Waals surface area contributed by atoms with E-state index in [1.54, 1.807) is 24.3 Å². The number of piperidine rings is 1. The Balaban J connectivity index is 1.71. The fourth-order valence-electron chi connectivity index (χ4n) is 4.29. The number of benzene rings is 2. The van der Waals surface area contributed by atoms with Crippen molar-refractivity contribution >= 4 is 15.5 Å². The van der Waals surface area contributed by atoms with Crippen LogP contribution in [-0.2, 0) is 9.84 Å². The summed E-state index contributed by atoms with van der Waals surface area (Å²) in [5, 5.41) is 10.00. The summed E-state index contributed by atoms with van der Waals surface area (Å²) in [5.41, 5.74) is 8.64. The molecule has 1 aromatic heterocycles. The Morgan fingerprint density at radius 3 is 2.39 bits per heavy atom. The van der Waals surface area contributed by atoms with Gasteiger partial charge in [-0.1, -0.05) is 12.1 Å². The summed E-state index contributed by atoms with van der Waals surface area (Å²) in [5.74, 6) is 0.606. The lowest BCUT2D eigenvalue weighted by Crippen LogP contribution is -2.53. The van der Waals surface area contributed by atoms with Crippen LogP contribution >= 0.6 is 0 Å². The summed E-state index contributed by atoms with van der Waals surface area (Å²) in [6, 6.07) is 16.3. The Morgan fingerprint density at radius 2 is 1.77 bits per heavy atom. The molecule has 0 radical (unpaired) electrons. The van der Waals surface area contributed by atoms with Gasteiger partial charge in [0.15, 0.2) is 21.3 Å². The number of aromatic nitrogens is 1. The molecule has 1 aliphatic heterocycles. The van der Waals surface area contributed by atoms with Gasteiger partial charge in [-0.15, -0.1) is 0 Å². The maximum absolute atomic E-state index is 11.8. The Kier molecular flexibility index (Phi) is 5.68. The van der Waals surface area contributed by atoms with Crippen LogP contribution in [0.15, 0.2) is 71.9 Å². The van der Waals surface area contributed by atoms with Crippen LogP contribution < -0.4 is 15.4 Å². The maximum Gasteiger partial charge on any atom is 0.175 e. The summed E-state index contributed by atoms with van der Waals surface area (Å²) in [6.07, 6.45) is 5.77. The maximum atomic E-state index is 11.8. The van der Waals surface area contributed by atoms with Gasteiger partial charge in [0.1, 0.15) is 0 Å². The Labute approximate surface area is 182 Å². The van der Waals surface area contributed by atoms with E-state index in [2.05, 4.69) is 9.47 Å². The lowest BCUT2D eigenvalue weighted by atomic mass is 9.86. The first-order valence-electron chi connectivity index (χ1n) is 10.1. The van der Waals surface area contributed by atoms with Gasteiger partial charge < -0.3 is 25.0 Å². The highest BCUT2D eigenvalue weighted by atomic mass is 32.2. The zero-order valence-electron chi connectivity index (χ0n) is 17.5. The molecule has 1 fully saturated rings. The number of ether oxygens (including phenoxy) is 1. The Morgan fingerprint density at radius 1 is 1.10 bits per heavy atom. The number of rotatable bonds is 5. The van der Waals surface area contributed by atoms with Crippen LogP contribution in [0.1, 0.15) is 23.9 Å². The van der Waals surface area contributed by atoms with Crippen LogP contribution in [-0.4, -0.2) is 44.2 Å². The smallest absolute Gasteiger partial charge is 0.175 e. The molecule has 8 heteroatoms. The fraction of sp³-hybridized carbons (Fsp3) is 0.304. The molecule has 1 aliphatic rings. The van der Waals surface area contributed by atoms with Gasteiger partial charge in [-0.2, -0.15) is 0 Å². The number of phenolic OH excluding ortho intramolecular Hbond substituents is 1. The van der Waals surface area contributed by atoms with Crippen molar-refractivity contribution < 1.29 is 18.3 Å². The molecule has 0 amide bonds. The quantitative estimate of drug-likeness (QED) is 0.631. The molecule has 3 unspecified atom stereocenters. The number of nitrogens with two attached hydrogens (primary N) is 1. The lowest BCUT2D eigenvalue weighted by molar-refractivity contribution is 0.298. The van der Waals surface area contributed by atoms with Crippen LogP contribution in [0.25, 0.3) is 0 Å². The normalized spacial score (nSPS) is 21.8. The molecule has 0 saturated carbocycles. The zero-order chi connectivity index (χ0) is 22.2. The van der Waals surface area contributed by atoms with Gasteiger partial charge in [0, 0.05) is 42.9 Å². The first-order chi connectivity index (χ1) is 14.8. The van der Waals surface area contributed by atoms with Crippen molar-refractivity contribution in [2.24, 2.45) is 5.73 Å². The van der Waals surface area contributed by atoms with Crippen LogP contribution in [0.5, 0.6) is 11.5 Å². The van der Waals surface area contributed by atoms with E-state index in [0.717, 1.165) is 17.7 Å². The largest absolute Gasteiger partial charge is 0.504 e. The van der Waals surface area contributed by atoms with Gasteiger partial charge in [0.05, 0.1) is 24.2 Å². The first kappa shape index (κ1) is 21.3. The highest BCUT2D eigenvalue weighted by molar-refractivity contribution is 7.90. The third-order valence-electron chi connectivity index (χ3n) is 5.98. The molecule has 164 valence electrons. The molecule has 3 atom stereocenters. The van der Waals surface area contributed by atoms with Gasteiger partial charge in [-0.3, -0.25) is 0 Å². The number of hydrogen-bond acceptors (Lipinski definition) is 6. The second-order valence-electron chi connectivity index (χ2n) is 7.97. The first-order valence-corrected chi connectivity index (χ1v) is 12.0. The zero-order valence-corrected chi connectivity index (χ0v) is 18.4. The van der Waals surface area contributed by atoms with E-state index in [9.17, 15) is 13.5 Å². The average Bonchev–Trinajstić information content (AvgIpc) is 3.28. The summed E-state index contributed by atoms with van der Waals surface area (Å²) in [4.78, 5) is 2.43. The van der Waals surface area contributed by atoms with Crippen molar-refractivity contribution in [3.05, 3.63) is 72.6 Å². The second-order valence-corrected chi connectivity index (χ2v) is 9.99. The van der Waals surface area contributed by atoms with Gasteiger partial charge in [-0.05, 0) is 48.4 Å². The molecule has 3 aromatic rings. The standard InChI is InChI=1S/C23H27N3O4S/c1-30-22-14-18(7-10-21(22)27)26-15-17(13-20(23(26)24)25-11-3-4-12-25)16-5-8-19(9-6-16)31(2,28)29/h3-12,14,17,20,23,27H,13,15,24H2,1-2H3. The number of methoxy groups -OCH3 is 1. The summed E-state index contributed by atoms with van der Waals surface area (Å²) in [6.45, 7) is 0.658. The third kappa shape index (κ3) is 4.26. The Bertz CT molecular complexity index is 1140. The summed E-state index contributed by atoms with van der Waals surface area (Å²) >= 11 is 0. The van der Waals surface area contributed by atoms with Crippen LogP contribution in [0.2, 0.25) is 0 Å². The van der Waals surface area contributed by atoms with Gasteiger partial charge in [-0.25, -0.2) is 8.42 Å². The van der Waals surface area contributed by atoms with Crippen molar-refractivity contribution in [1.29, 1.82) is 0 Å². The number of nitrogens with zero attached hydrogens (tertiary/aromatic N) is 2. The molecule has 31 heavy (non-hydrogen) atoms. The Hall–Kier alpha value is -2.97. The molecule has 4 rings (SSSR count). The molecular weight excluding hydrogens is 414 g/mol. The number of anilines is 1. The van der Waals surface area contributed by atoms with Crippen molar-refractivity contribution in [1.82, 2.24) is 4.57 Å². The minimum atomic E-state index is -3.24. The minimum absolute atomic E-state index is 0.0168. The molecule has 3 N–H and O–H groups in total. The molecule has 0 bridgehead atoms. The predicted octanol–water partition coefficient (Wildman–Crippen LogP) is 3.13. The number of sulfone groups is 1. The van der Waals surface area contributed by atoms with Gasteiger partial charge in [0.25, 0.3) is 0 Å². The molecular formula is C23H27N3O4S. The monoisotopic (exact) mass is 441 g/mol. The lowest BCUT2D eigenvalue weighted by Gasteiger charge is -2.45. The van der Waals surface area contributed by atoms with E-state index in [4.69, 9.17) is 10.5 Å².